The zero-order valence-corrected chi connectivity index (χ0v) is 14.6. The lowest BCUT2D eigenvalue weighted by atomic mass is 10.0. The molecule has 26 heavy (non-hydrogen) atoms. The Labute approximate surface area is 154 Å². The van der Waals surface area contributed by atoms with Crippen molar-refractivity contribution in [1.29, 1.82) is 0 Å². The van der Waals surface area contributed by atoms with Gasteiger partial charge in [-0.1, -0.05) is 18.2 Å². The first-order chi connectivity index (χ1) is 12.5. The molecule has 2 saturated heterocycles. The van der Waals surface area contributed by atoms with Crippen LogP contribution >= 0.6 is 11.8 Å². The lowest BCUT2D eigenvalue weighted by molar-refractivity contribution is -0.147. The SMILES string of the molecule is NC1C(=O)N2C(C(=O)O)=C(/C=C3\CCN(c4ccccc4)C3=O)CSC12. The number of thioether (sulfide) groups is 1. The van der Waals surface area contributed by atoms with Gasteiger partial charge in [0, 0.05) is 23.6 Å². The molecule has 1 aromatic rings. The zero-order chi connectivity index (χ0) is 18.4. The second-order valence-corrected chi connectivity index (χ2v) is 7.43. The van der Waals surface area contributed by atoms with Gasteiger partial charge in [-0.15, -0.1) is 11.8 Å². The summed E-state index contributed by atoms with van der Waals surface area (Å²) in [5, 5.41) is 9.24. The summed E-state index contributed by atoms with van der Waals surface area (Å²) in [6.07, 6.45) is 2.17. The van der Waals surface area contributed by atoms with Crippen molar-refractivity contribution in [2.24, 2.45) is 5.73 Å². The summed E-state index contributed by atoms with van der Waals surface area (Å²) in [5.41, 5.74) is 7.55. The molecule has 0 radical (unpaired) electrons. The number of anilines is 1. The van der Waals surface area contributed by atoms with E-state index in [2.05, 4.69) is 0 Å². The van der Waals surface area contributed by atoms with E-state index in [1.165, 1.54) is 16.7 Å². The lowest BCUT2D eigenvalue weighted by Crippen LogP contribution is -2.68. The molecule has 2 amide bonds. The summed E-state index contributed by atoms with van der Waals surface area (Å²) in [4.78, 5) is 39.3. The number of rotatable bonds is 3. The number of carboxylic acids is 1. The Morgan fingerprint density at radius 1 is 1.27 bits per heavy atom. The first-order valence-corrected chi connectivity index (χ1v) is 9.28. The van der Waals surface area contributed by atoms with Gasteiger partial charge >= 0.3 is 5.97 Å². The number of carbonyl (C=O) groups excluding carboxylic acids is 2. The maximum atomic E-state index is 12.7. The number of carbonyl (C=O) groups is 3. The molecule has 8 heteroatoms. The third-order valence-corrected chi connectivity index (χ3v) is 6.11. The fourth-order valence-electron chi connectivity index (χ4n) is 3.46. The van der Waals surface area contributed by atoms with Crippen LogP contribution in [-0.4, -0.2) is 51.5 Å². The van der Waals surface area contributed by atoms with Gasteiger partial charge in [-0.2, -0.15) is 0 Å². The van der Waals surface area contributed by atoms with Crippen LogP contribution in [0.15, 0.2) is 53.3 Å². The maximum absolute atomic E-state index is 12.7. The number of fused-ring (bicyclic) bond motifs is 1. The van der Waals surface area contributed by atoms with E-state index in [4.69, 9.17) is 5.73 Å². The molecular weight excluding hydrogens is 354 g/mol. The predicted molar refractivity (Wildman–Crippen MR) is 97.2 cm³/mol. The number of allylic oxidation sites excluding steroid dienone is 1. The molecule has 3 N–H and O–H groups in total. The molecule has 0 bridgehead atoms. The van der Waals surface area contributed by atoms with Gasteiger partial charge in [-0.3, -0.25) is 14.5 Å². The van der Waals surface area contributed by atoms with Gasteiger partial charge in [-0.25, -0.2) is 4.79 Å². The van der Waals surface area contributed by atoms with Crippen molar-refractivity contribution < 1.29 is 19.5 Å². The molecule has 7 nitrogen and oxygen atoms in total. The Bertz CT molecular complexity index is 864. The minimum absolute atomic E-state index is 0.0566. The van der Waals surface area contributed by atoms with Crippen LogP contribution in [0.1, 0.15) is 6.42 Å². The second kappa shape index (κ2) is 6.30. The molecule has 2 fully saturated rings. The van der Waals surface area contributed by atoms with Crippen LogP contribution in [0, 0.1) is 0 Å². The Hall–Kier alpha value is -2.58. The molecule has 2 atom stereocenters. The summed E-state index contributed by atoms with van der Waals surface area (Å²) >= 11 is 1.43. The molecule has 2 unspecified atom stereocenters. The Kier molecular flexibility index (Phi) is 4.08. The summed E-state index contributed by atoms with van der Waals surface area (Å²) in [6.45, 7) is 0.549. The highest BCUT2D eigenvalue weighted by atomic mass is 32.2. The molecule has 3 aliphatic rings. The van der Waals surface area contributed by atoms with Gasteiger partial charge in [0.05, 0.1) is 0 Å². The number of para-hydroxylation sites is 1. The van der Waals surface area contributed by atoms with E-state index < -0.39 is 12.0 Å². The van der Waals surface area contributed by atoms with Crippen LogP contribution in [0.25, 0.3) is 0 Å². The summed E-state index contributed by atoms with van der Waals surface area (Å²) in [6, 6.07) is 8.69. The molecule has 1 aromatic carbocycles. The quantitative estimate of drug-likeness (QED) is 0.605. The molecule has 0 saturated carbocycles. The monoisotopic (exact) mass is 371 g/mol. The molecular formula is C18H17N3O4S. The van der Waals surface area contributed by atoms with Crippen LogP contribution in [-0.2, 0) is 14.4 Å². The van der Waals surface area contributed by atoms with E-state index in [-0.39, 0.29) is 22.9 Å². The highest BCUT2D eigenvalue weighted by Crippen LogP contribution is 2.40. The van der Waals surface area contributed by atoms with Crippen LogP contribution in [0.2, 0.25) is 0 Å². The van der Waals surface area contributed by atoms with Crippen molar-refractivity contribution in [3.05, 3.63) is 53.3 Å². The molecule has 134 valence electrons. The molecule has 0 aliphatic carbocycles. The van der Waals surface area contributed by atoms with Crippen molar-refractivity contribution in [3.63, 3.8) is 0 Å². The van der Waals surface area contributed by atoms with Crippen LogP contribution < -0.4 is 10.6 Å². The highest BCUT2D eigenvalue weighted by Gasteiger charge is 2.51. The lowest BCUT2D eigenvalue weighted by Gasteiger charge is -2.47. The van der Waals surface area contributed by atoms with Crippen molar-refractivity contribution in [1.82, 2.24) is 4.90 Å². The molecule has 3 aliphatic heterocycles. The summed E-state index contributed by atoms with van der Waals surface area (Å²) in [7, 11) is 0. The average Bonchev–Trinajstić information content (AvgIpc) is 3.01. The van der Waals surface area contributed by atoms with E-state index in [1.54, 1.807) is 11.0 Å². The van der Waals surface area contributed by atoms with Gasteiger partial charge in [0.2, 0.25) is 5.91 Å². The molecule has 0 aromatic heterocycles. The summed E-state index contributed by atoms with van der Waals surface area (Å²) < 4.78 is 0. The smallest absolute Gasteiger partial charge is 0.352 e. The van der Waals surface area contributed by atoms with Crippen LogP contribution in [0.4, 0.5) is 5.69 Å². The van der Waals surface area contributed by atoms with Gasteiger partial charge in [0.15, 0.2) is 0 Å². The van der Waals surface area contributed by atoms with Gasteiger partial charge < -0.3 is 15.7 Å². The fraction of sp³-hybridized carbons (Fsp3) is 0.278. The van der Waals surface area contributed by atoms with E-state index >= 15 is 0 Å². The molecule has 3 heterocycles. The van der Waals surface area contributed by atoms with Gasteiger partial charge in [0.25, 0.3) is 5.91 Å². The standard InChI is InChI=1S/C18H17N3O4S/c19-13-16(23)21-14(18(24)25)11(9-26-17(13)21)8-10-6-7-20(15(10)22)12-4-2-1-3-5-12/h1-5,8,13,17H,6-7,9,19H2,(H,24,25)/b10-8+. The highest BCUT2D eigenvalue weighted by molar-refractivity contribution is 8.00. The van der Waals surface area contributed by atoms with Gasteiger partial charge in [0.1, 0.15) is 17.1 Å². The topological polar surface area (TPSA) is 104 Å². The van der Waals surface area contributed by atoms with Crippen LogP contribution in [0.5, 0.6) is 0 Å². The largest absolute Gasteiger partial charge is 0.477 e. The van der Waals surface area contributed by atoms with Crippen LogP contribution in [0.3, 0.4) is 0 Å². The van der Waals surface area contributed by atoms with Gasteiger partial charge in [-0.05, 0) is 30.2 Å². The number of benzene rings is 1. The fourth-order valence-corrected chi connectivity index (χ4v) is 4.72. The third-order valence-electron chi connectivity index (χ3n) is 4.78. The van der Waals surface area contributed by atoms with E-state index in [0.717, 1.165) is 5.69 Å². The first-order valence-electron chi connectivity index (χ1n) is 8.23. The Morgan fingerprint density at radius 3 is 2.69 bits per heavy atom. The van der Waals surface area contributed by atoms with Crippen molar-refractivity contribution >= 4 is 35.2 Å². The number of nitrogens with zero attached hydrogens (tertiary/aromatic N) is 2. The first kappa shape index (κ1) is 16.9. The number of amides is 2. The van der Waals surface area contributed by atoms with Crippen molar-refractivity contribution in [2.45, 2.75) is 17.8 Å². The predicted octanol–water partition coefficient (Wildman–Crippen LogP) is 0.931. The number of hydrogen-bond donors (Lipinski definition) is 2. The zero-order valence-electron chi connectivity index (χ0n) is 13.8. The minimum Gasteiger partial charge on any atom is -0.477 e. The summed E-state index contributed by atoms with van der Waals surface area (Å²) in [5.74, 6) is -1.29. The van der Waals surface area contributed by atoms with E-state index in [9.17, 15) is 19.5 Å². The molecule has 0 spiro atoms. The van der Waals surface area contributed by atoms with Crippen molar-refractivity contribution in [2.75, 3.05) is 17.2 Å². The number of nitrogens with two attached hydrogens (primary N) is 1. The Morgan fingerprint density at radius 2 is 2.00 bits per heavy atom. The second-order valence-electron chi connectivity index (χ2n) is 6.33. The minimum atomic E-state index is -1.17. The number of β-lactam (4-membered cyclic amide) rings is 1. The van der Waals surface area contributed by atoms with E-state index in [0.29, 0.717) is 29.9 Å². The number of carboxylic acid groups (broad SMARTS) is 1. The number of aliphatic carboxylic acids is 1. The average molecular weight is 371 g/mol. The third kappa shape index (κ3) is 2.53. The molecule has 4 rings (SSSR count). The van der Waals surface area contributed by atoms with E-state index in [1.807, 2.05) is 30.3 Å². The Balaban J connectivity index is 1.66. The van der Waals surface area contributed by atoms with Crippen molar-refractivity contribution in [3.8, 4) is 0 Å². The maximum Gasteiger partial charge on any atom is 0.352 e. The number of hydrogen-bond acceptors (Lipinski definition) is 5. The normalized spacial score (nSPS) is 27.0.